The molecular formula is C16H23N5. The standard InChI is InChI=1S/C16H23N5/c1-11-7-12(2)21(20-11)9-16(5-6-16)8-17-15-13(3)14(4)18-10-19-15/h7,10H,5-6,8-9H2,1-4H3,(H,17,18,19). The molecule has 2 aromatic rings. The molecule has 1 saturated carbocycles. The highest BCUT2D eigenvalue weighted by molar-refractivity contribution is 5.44. The Morgan fingerprint density at radius 2 is 1.95 bits per heavy atom. The van der Waals surface area contributed by atoms with E-state index in [2.05, 4.69) is 45.0 Å². The Morgan fingerprint density at radius 3 is 2.57 bits per heavy atom. The lowest BCUT2D eigenvalue weighted by atomic mass is 10.1. The van der Waals surface area contributed by atoms with Crippen molar-refractivity contribution in [3.05, 3.63) is 35.0 Å². The van der Waals surface area contributed by atoms with Crippen LogP contribution in [0.2, 0.25) is 0 Å². The predicted molar refractivity (Wildman–Crippen MR) is 83.4 cm³/mol. The highest BCUT2D eigenvalue weighted by Crippen LogP contribution is 2.47. The quantitative estimate of drug-likeness (QED) is 0.918. The number of nitrogens with one attached hydrogen (secondary N) is 1. The van der Waals surface area contributed by atoms with Crippen LogP contribution in [0.15, 0.2) is 12.4 Å². The molecule has 0 aliphatic heterocycles. The Bertz CT molecular complexity index is 655. The molecule has 0 amide bonds. The minimum absolute atomic E-state index is 0.328. The molecule has 1 fully saturated rings. The van der Waals surface area contributed by atoms with Crippen molar-refractivity contribution in [1.29, 1.82) is 0 Å². The fourth-order valence-corrected chi connectivity index (χ4v) is 2.71. The van der Waals surface area contributed by atoms with E-state index in [1.807, 2.05) is 13.8 Å². The maximum absolute atomic E-state index is 4.59. The van der Waals surface area contributed by atoms with E-state index < -0.39 is 0 Å². The fraction of sp³-hybridized carbons (Fsp3) is 0.562. The van der Waals surface area contributed by atoms with Crippen molar-refractivity contribution in [2.24, 2.45) is 5.41 Å². The van der Waals surface area contributed by atoms with Crippen LogP contribution in [0.5, 0.6) is 0 Å². The lowest BCUT2D eigenvalue weighted by Crippen LogP contribution is -2.23. The third-order valence-electron chi connectivity index (χ3n) is 4.51. The molecule has 3 rings (SSSR count). The number of aryl methyl sites for hydroxylation is 3. The molecule has 0 aromatic carbocycles. The lowest BCUT2D eigenvalue weighted by molar-refractivity contribution is 0.409. The first-order valence-electron chi connectivity index (χ1n) is 7.52. The number of aromatic nitrogens is 4. The first kappa shape index (κ1) is 14.0. The Labute approximate surface area is 125 Å². The zero-order chi connectivity index (χ0) is 15.0. The van der Waals surface area contributed by atoms with Gasteiger partial charge in [0, 0.05) is 35.5 Å². The van der Waals surface area contributed by atoms with E-state index >= 15 is 0 Å². The Morgan fingerprint density at radius 1 is 1.19 bits per heavy atom. The van der Waals surface area contributed by atoms with Gasteiger partial charge >= 0.3 is 0 Å². The van der Waals surface area contributed by atoms with Crippen LogP contribution in [0, 0.1) is 33.1 Å². The van der Waals surface area contributed by atoms with Gasteiger partial charge in [-0.1, -0.05) is 0 Å². The van der Waals surface area contributed by atoms with Gasteiger partial charge in [-0.3, -0.25) is 4.68 Å². The number of hydrogen-bond acceptors (Lipinski definition) is 4. The van der Waals surface area contributed by atoms with E-state index in [0.717, 1.165) is 35.9 Å². The van der Waals surface area contributed by atoms with E-state index in [1.165, 1.54) is 18.5 Å². The van der Waals surface area contributed by atoms with E-state index in [-0.39, 0.29) is 0 Å². The van der Waals surface area contributed by atoms with Gasteiger partial charge in [0.1, 0.15) is 12.1 Å². The molecule has 112 valence electrons. The SMILES string of the molecule is Cc1cc(C)n(CC2(CNc3ncnc(C)c3C)CC2)n1. The van der Waals surface area contributed by atoms with Gasteiger partial charge in [0.05, 0.1) is 5.69 Å². The van der Waals surface area contributed by atoms with Crippen molar-refractivity contribution >= 4 is 5.82 Å². The molecule has 1 aliphatic carbocycles. The second-order valence-electron chi connectivity index (χ2n) is 6.37. The van der Waals surface area contributed by atoms with Crippen molar-refractivity contribution in [3.8, 4) is 0 Å². The molecule has 1 aliphatic rings. The molecule has 0 unspecified atom stereocenters. The summed E-state index contributed by atoms with van der Waals surface area (Å²) < 4.78 is 2.14. The first-order valence-corrected chi connectivity index (χ1v) is 7.52. The van der Waals surface area contributed by atoms with E-state index in [4.69, 9.17) is 0 Å². The van der Waals surface area contributed by atoms with Crippen molar-refractivity contribution in [3.63, 3.8) is 0 Å². The fourth-order valence-electron chi connectivity index (χ4n) is 2.71. The topological polar surface area (TPSA) is 55.6 Å². The van der Waals surface area contributed by atoms with Crippen LogP contribution in [-0.4, -0.2) is 26.3 Å². The molecule has 0 spiro atoms. The van der Waals surface area contributed by atoms with Crippen LogP contribution in [0.25, 0.3) is 0 Å². The molecule has 21 heavy (non-hydrogen) atoms. The molecular weight excluding hydrogens is 262 g/mol. The Hall–Kier alpha value is -1.91. The van der Waals surface area contributed by atoms with Gasteiger partial charge in [-0.05, 0) is 46.6 Å². The summed E-state index contributed by atoms with van der Waals surface area (Å²) in [5, 5.41) is 8.10. The summed E-state index contributed by atoms with van der Waals surface area (Å²) in [4.78, 5) is 8.57. The average molecular weight is 285 g/mol. The maximum atomic E-state index is 4.59. The number of hydrogen-bond donors (Lipinski definition) is 1. The molecule has 0 atom stereocenters. The smallest absolute Gasteiger partial charge is 0.132 e. The summed E-state index contributed by atoms with van der Waals surface area (Å²) in [7, 11) is 0. The number of anilines is 1. The van der Waals surface area contributed by atoms with Gasteiger partial charge in [0.25, 0.3) is 0 Å². The van der Waals surface area contributed by atoms with Gasteiger partial charge in [-0.2, -0.15) is 5.10 Å². The van der Waals surface area contributed by atoms with Crippen molar-refractivity contribution in [2.75, 3.05) is 11.9 Å². The molecule has 2 heterocycles. The third kappa shape index (κ3) is 2.91. The molecule has 0 radical (unpaired) electrons. The monoisotopic (exact) mass is 285 g/mol. The van der Waals surface area contributed by atoms with Crippen molar-refractivity contribution in [1.82, 2.24) is 19.7 Å². The minimum atomic E-state index is 0.328. The van der Waals surface area contributed by atoms with Crippen LogP contribution in [0.3, 0.4) is 0 Å². The Balaban J connectivity index is 1.67. The number of nitrogens with zero attached hydrogens (tertiary/aromatic N) is 4. The summed E-state index contributed by atoms with van der Waals surface area (Å²) in [5.41, 5.74) is 4.84. The number of rotatable bonds is 5. The van der Waals surface area contributed by atoms with Crippen LogP contribution < -0.4 is 5.32 Å². The molecule has 5 nitrogen and oxygen atoms in total. The second kappa shape index (κ2) is 5.13. The van der Waals surface area contributed by atoms with Crippen LogP contribution in [0.4, 0.5) is 5.82 Å². The summed E-state index contributed by atoms with van der Waals surface area (Å²) in [6, 6.07) is 2.14. The summed E-state index contributed by atoms with van der Waals surface area (Å²) in [6.45, 7) is 10.2. The van der Waals surface area contributed by atoms with Crippen molar-refractivity contribution in [2.45, 2.75) is 47.1 Å². The molecule has 0 bridgehead atoms. The van der Waals surface area contributed by atoms with Gasteiger partial charge in [0.2, 0.25) is 0 Å². The normalized spacial score (nSPS) is 16.0. The maximum Gasteiger partial charge on any atom is 0.132 e. The zero-order valence-electron chi connectivity index (χ0n) is 13.3. The van der Waals surface area contributed by atoms with Gasteiger partial charge in [-0.15, -0.1) is 0 Å². The van der Waals surface area contributed by atoms with E-state index in [0.29, 0.717) is 5.41 Å². The van der Waals surface area contributed by atoms with Crippen LogP contribution in [0.1, 0.15) is 35.5 Å². The third-order valence-corrected chi connectivity index (χ3v) is 4.51. The molecule has 2 aromatic heterocycles. The van der Waals surface area contributed by atoms with Crippen molar-refractivity contribution < 1.29 is 0 Å². The molecule has 1 N–H and O–H groups in total. The predicted octanol–water partition coefficient (Wildman–Crippen LogP) is 2.80. The largest absolute Gasteiger partial charge is 0.369 e. The van der Waals surface area contributed by atoms with E-state index in [9.17, 15) is 0 Å². The molecule has 5 heteroatoms. The summed E-state index contributed by atoms with van der Waals surface area (Å²) >= 11 is 0. The average Bonchev–Trinajstić information content (AvgIpc) is 3.12. The highest BCUT2D eigenvalue weighted by Gasteiger charge is 2.43. The summed E-state index contributed by atoms with van der Waals surface area (Å²) in [6.07, 6.45) is 4.13. The van der Waals surface area contributed by atoms with Crippen LogP contribution in [-0.2, 0) is 6.54 Å². The first-order chi connectivity index (χ1) is 9.99. The lowest BCUT2D eigenvalue weighted by Gasteiger charge is -2.18. The second-order valence-corrected chi connectivity index (χ2v) is 6.37. The zero-order valence-corrected chi connectivity index (χ0v) is 13.3. The summed E-state index contributed by atoms with van der Waals surface area (Å²) in [5.74, 6) is 0.960. The van der Waals surface area contributed by atoms with Gasteiger partial charge in [-0.25, -0.2) is 9.97 Å². The van der Waals surface area contributed by atoms with Gasteiger partial charge in [0.15, 0.2) is 0 Å². The Kier molecular flexibility index (Phi) is 3.43. The minimum Gasteiger partial charge on any atom is -0.369 e. The highest BCUT2D eigenvalue weighted by atomic mass is 15.3. The van der Waals surface area contributed by atoms with Gasteiger partial charge < -0.3 is 5.32 Å². The van der Waals surface area contributed by atoms with Crippen LogP contribution >= 0.6 is 0 Å². The molecule has 0 saturated heterocycles. The van der Waals surface area contributed by atoms with E-state index in [1.54, 1.807) is 6.33 Å².